The zero-order chi connectivity index (χ0) is 16.0. The summed E-state index contributed by atoms with van der Waals surface area (Å²) >= 11 is 1.25. The standard InChI is InChI=1S/C13H19N3O4S/c1-4-16(8-10(17)15(2)3)13(20)14-11(12(18)19)9-6-5-7-21-9/h5-7,11H,4,8H2,1-3H3,(H,14,20)(H,18,19). The molecule has 8 heteroatoms. The van der Waals surface area contributed by atoms with E-state index in [1.54, 1.807) is 38.5 Å². The maximum atomic E-state index is 12.1. The average Bonchev–Trinajstić information content (AvgIpc) is 2.94. The predicted molar refractivity (Wildman–Crippen MR) is 79.2 cm³/mol. The van der Waals surface area contributed by atoms with Gasteiger partial charge >= 0.3 is 12.0 Å². The number of nitrogens with one attached hydrogen (secondary N) is 1. The van der Waals surface area contributed by atoms with Crippen molar-refractivity contribution in [1.82, 2.24) is 15.1 Å². The Balaban J connectivity index is 2.76. The molecule has 7 nitrogen and oxygen atoms in total. The Kier molecular flexibility index (Phi) is 6.16. The maximum Gasteiger partial charge on any atom is 0.331 e. The zero-order valence-electron chi connectivity index (χ0n) is 12.2. The summed E-state index contributed by atoms with van der Waals surface area (Å²) in [5.74, 6) is -1.37. The van der Waals surface area contributed by atoms with E-state index in [9.17, 15) is 19.5 Å². The van der Waals surface area contributed by atoms with Crippen LogP contribution >= 0.6 is 11.3 Å². The van der Waals surface area contributed by atoms with Crippen LogP contribution in [0, 0.1) is 0 Å². The highest BCUT2D eigenvalue weighted by Gasteiger charge is 2.26. The fraction of sp³-hybridized carbons (Fsp3) is 0.462. The van der Waals surface area contributed by atoms with Gasteiger partial charge in [0.15, 0.2) is 6.04 Å². The first-order valence-corrected chi connectivity index (χ1v) is 7.26. The maximum absolute atomic E-state index is 12.1. The molecule has 2 N–H and O–H groups in total. The van der Waals surface area contributed by atoms with Crippen LogP contribution in [-0.4, -0.2) is 60.0 Å². The predicted octanol–water partition coefficient (Wildman–Crippen LogP) is 0.994. The topological polar surface area (TPSA) is 90.0 Å². The quantitative estimate of drug-likeness (QED) is 0.819. The molecule has 0 aliphatic rings. The molecule has 1 aromatic heterocycles. The third-order valence-electron chi connectivity index (χ3n) is 2.84. The Morgan fingerprint density at radius 3 is 2.48 bits per heavy atom. The molecule has 0 spiro atoms. The molecule has 0 saturated heterocycles. The lowest BCUT2D eigenvalue weighted by atomic mass is 10.2. The van der Waals surface area contributed by atoms with E-state index in [0.717, 1.165) is 0 Å². The van der Waals surface area contributed by atoms with E-state index in [1.165, 1.54) is 21.1 Å². The highest BCUT2D eigenvalue weighted by molar-refractivity contribution is 7.10. The Hall–Kier alpha value is -2.09. The van der Waals surface area contributed by atoms with Gasteiger partial charge in [0.2, 0.25) is 5.91 Å². The molecule has 1 aromatic rings. The molecule has 0 aromatic carbocycles. The highest BCUT2D eigenvalue weighted by Crippen LogP contribution is 2.19. The van der Waals surface area contributed by atoms with Crippen LogP contribution in [0.4, 0.5) is 4.79 Å². The van der Waals surface area contributed by atoms with Gasteiger partial charge in [-0.1, -0.05) is 6.07 Å². The smallest absolute Gasteiger partial charge is 0.331 e. The fourth-order valence-electron chi connectivity index (χ4n) is 1.56. The lowest BCUT2D eigenvalue weighted by molar-refractivity contribution is -0.139. The molecule has 1 unspecified atom stereocenters. The van der Waals surface area contributed by atoms with Crippen LogP contribution in [0.2, 0.25) is 0 Å². The van der Waals surface area contributed by atoms with Gasteiger partial charge in [0.25, 0.3) is 0 Å². The van der Waals surface area contributed by atoms with E-state index in [4.69, 9.17) is 0 Å². The van der Waals surface area contributed by atoms with E-state index < -0.39 is 18.0 Å². The minimum Gasteiger partial charge on any atom is -0.479 e. The molecular weight excluding hydrogens is 294 g/mol. The van der Waals surface area contributed by atoms with E-state index in [-0.39, 0.29) is 12.5 Å². The largest absolute Gasteiger partial charge is 0.479 e. The van der Waals surface area contributed by atoms with Crippen molar-refractivity contribution in [2.24, 2.45) is 0 Å². The summed E-state index contributed by atoms with van der Waals surface area (Å²) in [7, 11) is 3.19. The van der Waals surface area contributed by atoms with Crippen LogP contribution in [0.1, 0.15) is 17.8 Å². The third kappa shape index (κ3) is 4.75. The number of carboxylic acids is 1. The van der Waals surface area contributed by atoms with E-state index in [1.807, 2.05) is 0 Å². The molecule has 0 fully saturated rings. The number of carboxylic acid groups (broad SMARTS) is 1. The molecule has 3 amide bonds. The molecule has 1 atom stereocenters. The number of likely N-dealkylation sites (N-methyl/N-ethyl adjacent to an activating group) is 2. The van der Waals surface area contributed by atoms with Crippen molar-refractivity contribution in [3.8, 4) is 0 Å². The molecule has 0 radical (unpaired) electrons. The van der Waals surface area contributed by atoms with Gasteiger partial charge in [-0.05, 0) is 18.4 Å². The first-order chi connectivity index (χ1) is 9.86. The van der Waals surface area contributed by atoms with Crippen LogP contribution in [0.3, 0.4) is 0 Å². The Bertz CT molecular complexity index is 502. The first-order valence-electron chi connectivity index (χ1n) is 6.38. The Morgan fingerprint density at radius 2 is 2.05 bits per heavy atom. The third-order valence-corrected chi connectivity index (χ3v) is 3.77. The molecule has 116 valence electrons. The van der Waals surface area contributed by atoms with Gasteiger partial charge in [0.05, 0.1) is 0 Å². The summed E-state index contributed by atoms with van der Waals surface area (Å²) in [5.41, 5.74) is 0. The van der Waals surface area contributed by atoms with Crippen LogP contribution in [0.25, 0.3) is 0 Å². The van der Waals surface area contributed by atoms with Gasteiger partial charge < -0.3 is 20.2 Å². The average molecular weight is 313 g/mol. The molecule has 1 heterocycles. The number of hydrogen-bond acceptors (Lipinski definition) is 4. The SMILES string of the molecule is CCN(CC(=O)N(C)C)C(=O)NC(C(=O)O)c1cccs1. The van der Waals surface area contributed by atoms with E-state index >= 15 is 0 Å². The minimum absolute atomic E-state index is 0.0912. The number of urea groups is 1. The number of carbonyl (C=O) groups excluding carboxylic acids is 2. The second-order valence-electron chi connectivity index (χ2n) is 4.54. The van der Waals surface area contributed by atoms with Gasteiger partial charge in [-0.2, -0.15) is 0 Å². The summed E-state index contributed by atoms with van der Waals surface area (Å²) < 4.78 is 0. The van der Waals surface area contributed by atoms with Crippen LogP contribution in [0.15, 0.2) is 17.5 Å². The highest BCUT2D eigenvalue weighted by atomic mass is 32.1. The minimum atomic E-state index is -1.14. The normalized spacial score (nSPS) is 11.6. The lowest BCUT2D eigenvalue weighted by Crippen LogP contribution is -2.47. The zero-order valence-corrected chi connectivity index (χ0v) is 13.0. The van der Waals surface area contributed by atoms with Crippen LogP contribution in [-0.2, 0) is 9.59 Å². The van der Waals surface area contributed by atoms with Crippen LogP contribution < -0.4 is 5.32 Å². The molecular formula is C13H19N3O4S. The summed E-state index contributed by atoms with van der Waals surface area (Å²) in [5, 5.41) is 13.4. The number of rotatable bonds is 6. The molecule has 0 aliphatic carbocycles. The number of thiophene rings is 1. The summed E-state index contributed by atoms with van der Waals surface area (Å²) in [4.78, 5) is 38.2. The number of aliphatic carboxylic acids is 1. The van der Waals surface area contributed by atoms with Gasteiger partial charge in [-0.3, -0.25) is 4.79 Å². The number of hydrogen-bond donors (Lipinski definition) is 2. The summed E-state index contributed by atoms with van der Waals surface area (Å²) in [6.07, 6.45) is 0. The fourth-order valence-corrected chi connectivity index (χ4v) is 2.32. The van der Waals surface area contributed by atoms with Crippen molar-refractivity contribution < 1.29 is 19.5 Å². The number of amides is 3. The second-order valence-corrected chi connectivity index (χ2v) is 5.52. The number of nitrogens with zero attached hydrogens (tertiary/aromatic N) is 2. The Labute approximate surface area is 127 Å². The Morgan fingerprint density at radius 1 is 1.38 bits per heavy atom. The molecule has 1 rings (SSSR count). The van der Waals surface area contributed by atoms with E-state index in [0.29, 0.717) is 11.4 Å². The van der Waals surface area contributed by atoms with Crippen molar-refractivity contribution in [3.63, 3.8) is 0 Å². The summed E-state index contributed by atoms with van der Waals surface area (Å²) in [6, 6.07) is 1.68. The van der Waals surface area contributed by atoms with Gasteiger partial charge in [0, 0.05) is 25.5 Å². The molecule has 0 saturated carbocycles. The molecule has 21 heavy (non-hydrogen) atoms. The van der Waals surface area contributed by atoms with E-state index in [2.05, 4.69) is 5.32 Å². The molecule has 0 aliphatic heterocycles. The van der Waals surface area contributed by atoms with Crippen LogP contribution in [0.5, 0.6) is 0 Å². The lowest BCUT2D eigenvalue weighted by Gasteiger charge is -2.24. The monoisotopic (exact) mass is 313 g/mol. The van der Waals surface area contributed by atoms with Gasteiger partial charge in [0.1, 0.15) is 6.54 Å². The summed E-state index contributed by atoms with van der Waals surface area (Å²) in [6.45, 7) is 1.94. The van der Waals surface area contributed by atoms with Crippen molar-refractivity contribution in [3.05, 3.63) is 22.4 Å². The van der Waals surface area contributed by atoms with Crippen molar-refractivity contribution in [1.29, 1.82) is 0 Å². The van der Waals surface area contributed by atoms with Gasteiger partial charge in [-0.15, -0.1) is 11.3 Å². The van der Waals surface area contributed by atoms with Crippen molar-refractivity contribution in [2.45, 2.75) is 13.0 Å². The number of carbonyl (C=O) groups is 3. The first kappa shape index (κ1) is 17.0. The molecule has 0 bridgehead atoms. The van der Waals surface area contributed by atoms with Crippen molar-refractivity contribution >= 4 is 29.2 Å². The van der Waals surface area contributed by atoms with Gasteiger partial charge in [-0.25, -0.2) is 9.59 Å². The second kappa shape index (κ2) is 7.63. The van der Waals surface area contributed by atoms with Crippen molar-refractivity contribution in [2.75, 3.05) is 27.2 Å².